The van der Waals surface area contributed by atoms with E-state index in [9.17, 15) is 4.79 Å². The van der Waals surface area contributed by atoms with Crippen molar-refractivity contribution in [2.75, 3.05) is 26.2 Å². The third-order valence-corrected chi connectivity index (χ3v) is 7.81. The van der Waals surface area contributed by atoms with Crippen molar-refractivity contribution in [3.63, 3.8) is 0 Å². The van der Waals surface area contributed by atoms with E-state index in [1.165, 1.54) is 70.0 Å². The third-order valence-electron chi connectivity index (χ3n) is 7.81. The maximum Gasteiger partial charge on any atom is 0.223 e. The second kappa shape index (κ2) is 9.91. The molecule has 2 aliphatic heterocycles. The van der Waals surface area contributed by atoms with E-state index in [4.69, 9.17) is 4.74 Å². The fourth-order valence-electron chi connectivity index (χ4n) is 5.69. The summed E-state index contributed by atoms with van der Waals surface area (Å²) in [6, 6.07) is 9.94. The molecule has 0 spiro atoms. The van der Waals surface area contributed by atoms with Crippen LogP contribution in [0.15, 0.2) is 24.3 Å². The third kappa shape index (κ3) is 5.81. The van der Waals surface area contributed by atoms with Crippen molar-refractivity contribution in [3.05, 3.63) is 29.8 Å². The molecule has 0 radical (unpaired) electrons. The Kier molecular flexibility index (Phi) is 6.80. The summed E-state index contributed by atoms with van der Waals surface area (Å²) in [7, 11) is 0. The molecule has 1 aromatic rings. The van der Waals surface area contributed by atoms with E-state index in [1.807, 2.05) is 0 Å². The highest BCUT2D eigenvalue weighted by Gasteiger charge is 2.32. The lowest BCUT2D eigenvalue weighted by Crippen LogP contribution is -2.49. The molecule has 5 heteroatoms. The van der Waals surface area contributed by atoms with Crippen LogP contribution in [-0.4, -0.2) is 60.1 Å². The smallest absolute Gasteiger partial charge is 0.223 e. The normalized spacial score (nSPS) is 25.0. The van der Waals surface area contributed by atoms with Gasteiger partial charge in [0.2, 0.25) is 5.91 Å². The highest BCUT2D eigenvalue weighted by atomic mass is 16.5. The Morgan fingerprint density at radius 1 is 0.935 bits per heavy atom. The topological polar surface area (TPSA) is 44.8 Å². The minimum atomic E-state index is 0.246. The molecule has 4 aliphatic rings. The van der Waals surface area contributed by atoms with Gasteiger partial charge in [0.25, 0.3) is 0 Å². The number of amides is 1. The van der Waals surface area contributed by atoms with Gasteiger partial charge in [0.05, 0.1) is 6.10 Å². The van der Waals surface area contributed by atoms with E-state index in [0.717, 1.165) is 38.2 Å². The van der Waals surface area contributed by atoms with Crippen LogP contribution in [0.5, 0.6) is 5.75 Å². The minimum Gasteiger partial charge on any atom is -0.490 e. The molecule has 5 nitrogen and oxygen atoms in total. The molecular formula is C26H39N3O2. The molecule has 0 bridgehead atoms. The summed E-state index contributed by atoms with van der Waals surface area (Å²) >= 11 is 0. The number of hydrogen-bond donors (Lipinski definition) is 1. The van der Waals surface area contributed by atoms with Crippen LogP contribution in [0.3, 0.4) is 0 Å². The van der Waals surface area contributed by atoms with Crippen LogP contribution in [0, 0.1) is 5.92 Å². The molecule has 0 unspecified atom stereocenters. The average Bonchev–Trinajstić information content (AvgIpc) is 3.47. The first-order valence-electron chi connectivity index (χ1n) is 12.8. The molecule has 2 saturated heterocycles. The summed E-state index contributed by atoms with van der Waals surface area (Å²) in [6.45, 7) is 5.54. The second-order valence-corrected chi connectivity index (χ2v) is 10.3. The molecule has 4 fully saturated rings. The van der Waals surface area contributed by atoms with Crippen molar-refractivity contribution in [1.82, 2.24) is 15.1 Å². The number of hydrogen-bond acceptors (Lipinski definition) is 4. The lowest BCUT2D eigenvalue weighted by molar-refractivity contribution is -0.126. The fourth-order valence-corrected chi connectivity index (χ4v) is 5.69. The summed E-state index contributed by atoms with van der Waals surface area (Å²) < 4.78 is 6.20. The average molecular weight is 426 g/mol. The van der Waals surface area contributed by atoms with Gasteiger partial charge in [-0.25, -0.2) is 0 Å². The molecule has 1 amide bonds. The number of carbonyl (C=O) groups excluding carboxylic acids is 1. The van der Waals surface area contributed by atoms with E-state index < -0.39 is 0 Å². The Labute approximate surface area is 187 Å². The van der Waals surface area contributed by atoms with Crippen LogP contribution in [0.4, 0.5) is 0 Å². The van der Waals surface area contributed by atoms with Crippen molar-refractivity contribution in [1.29, 1.82) is 0 Å². The van der Waals surface area contributed by atoms with Gasteiger partial charge in [0, 0.05) is 24.5 Å². The van der Waals surface area contributed by atoms with Gasteiger partial charge < -0.3 is 15.0 Å². The molecule has 0 aromatic heterocycles. The molecule has 1 N–H and O–H groups in total. The molecule has 170 valence electrons. The van der Waals surface area contributed by atoms with Gasteiger partial charge in [-0.2, -0.15) is 0 Å². The van der Waals surface area contributed by atoms with Crippen LogP contribution < -0.4 is 10.1 Å². The molecule has 2 saturated carbocycles. The van der Waals surface area contributed by atoms with Crippen LogP contribution >= 0.6 is 0 Å². The maximum absolute atomic E-state index is 12.3. The molecular weight excluding hydrogens is 386 g/mol. The summed E-state index contributed by atoms with van der Waals surface area (Å²) in [6.07, 6.45) is 12.4. The summed E-state index contributed by atoms with van der Waals surface area (Å²) in [4.78, 5) is 17.6. The molecule has 2 heterocycles. The Morgan fingerprint density at radius 2 is 1.68 bits per heavy atom. The Balaban J connectivity index is 1.04. The van der Waals surface area contributed by atoms with Crippen molar-refractivity contribution in [3.8, 4) is 5.75 Å². The Bertz CT molecular complexity index is 728. The molecule has 0 atom stereocenters. The van der Waals surface area contributed by atoms with E-state index in [0.29, 0.717) is 24.1 Å². The number of nitrogens with zero attached hydrogens (tertiary/aromatic N) is 2. The summed E-state index contributed by atoms with van der Waals surface area (Å²) in [5, 5.41) is 3.20. The zero-order chi connectivity index (χ0) is 21.0. The molecule has 31 heavy (non-hydrogen) atoms. The van der Waals surface area contributed by atoms with Gasteiger partial charge in [-0.15, -0.1) is 0 Å². The molecule has 5 rings (SSSR count). The van der Waals surface area contributed by atoms with E-state index in [1.54, 1.807) is 0 Å². The Morgan fingerprint density at radius 3 is 2.39 bits per heavy atom. The number of benzene rings is 1. The van der Waals surface area contributed by atoms with Crippen LogP contribution in [-0.2, 0) is 11.3 Å². The van der Waals surface area contributed by atoms with Gasteiger partial charge in [0.1, 0.15) is 5.75 Å². The van der Waals surface area contributed by atoms with Gasteiger partial charge in [-0.3, -0.25) is 9.69 Å². The largest absolute Gasteiger partial charge is 0.490 e. The molecule has 1 aromatic carbocycles. The van der Waals surface area contributed by atoms with Gasteiger partial charge >= 0.3 is 0 Å². The van der Waals surface area contributed by atoms with Crippen molar-refractivity contribution < 1.29 is 9.53 Å². The maximum atomic E-state index is 12.3. The zero-order valence-electron chi connectivity index (χ0n) is 18.9. The van der Waals surface area contributed by atoms with Gasteiger partial charge in [0.15, 0.2) is 0 Å². The first kappa shape index (κ1) is 21.3. The fraction of sp³-hybridized carbons (Fsp3) is 0.731. The Hall–Kier alpha value is -1.59. The highest BCUT2D eigenvalue weighted by molar-refractivity contribution is 5.79. The predicted octanol–water partition coefficient (Wildman–Crippen LogP) is 3.96. The van der Waals surface area contributed by atoms with Crippen molar-refractivity contribution >= 4 is 5.91 Å². The van der Waals surface area contributed by atoms with E-state index in [2.05, 4.69) is 39.4 Å². The number of piperidine rings is 2. The minimum absolute atomic E-state index is 0.246. The SMILES string of the molecule is O=C(NC1CC1)C1CCN(C2CCN(Cc3cccc(OC4CCCC4)c3)CC2)CC1. The predicted molar refractivity (Wildman–Crippen MR) is 123 cm³/mol. The summed E-state index contributed by atoms with van der Waals surface area (Å²) in [5.74, 6) is 1.61. The van der Waals surface area contributed by atoms with E-state index >= 15 is 0 Å². The quantitative estimate of drug-likeness (QED) is 0.718. The van der Waals surface area contributed by atoms with Crippen LogP contribution in [0.25, 0.3) is 0 Å². The monoisotopic (exact) mass is 425 g/mol. The lowest BCUT2D eigenvalue weighted by atomic mass is 9.92. The highest BCUT2D eigenvalue weighted by Crippen LogP contribution is 2.28. The number of nitrogens with one attached hydrogen (secondary N) is 1. The number of ether oxygens (including phenoxy) is 1. The van der Waals surface area contributed by atoms with Gasteiger partial charge in [-0.1, -0.05) is 12.1 Å². The van der Waals surface area contributed by atoms with Crippen molar-refractivity contribution in [2.24, 2.45) is 5.92 Å². The number of carbonyl (C=O) groups is 1. The van der Waals surface area contributed by atoms with Crippen molar-refractivity contribution in [2.45, 2.75) is 88.9 Å². The second-order valence-electron chi connectivity index (χ2n) is 10.3. The summed E-state index contributed by atoms with van der Waals surface area (Å²) in [5.41, 5.74) is 1.37. The zero-order valence-corrected chi connectivity index (χ0v) is 18.9. The van der Waals surface area contributed by atoms with Crippen LogP contribution in [0.1, 0.15) is 69.8 Å². The first-order chi connectivity index (χ1) is 15.2. The van der Waals surface area contributed by atoms with Gasteiger partial charge in [-0.05, 0) is 108 Å². The standard InChI is InChI=1S/C26H39N3O2/c30-26(27-22-8-9-22)21-10-16-29(17-11-21)23-12-14-28(15-13-23)19-20-4-3-7-25(18-20)31-24-5-1-2-6-24/h3-4,7,18,21-24H,1-2,5-6,8-17,19H2,(H,27,30). The first-order valence-corrected chi connectivity index (χ1v) is 12.8. The van der Waals surface area contributed by atoms with Crippen LogP contribution in [0.2, 0.25) is 0 Å². The number of rotatable bonds is 7. The number of likely N-dealkylation sites (tertiary alicyclic amines) is 2. The van der Waals surface area contributed by atoms with E-state index in [-0.39, 0.29) is 5.92 Å². The lowest BCUT2D eigenvalue weighted by Gasteiger charge is -2.41. The molecule has 2 aliphatic carbocycles.